The summed E-state index contributed by atoms with van der Waals surface area (Å²) in [7, 11) is 1.70. The third kappa shape index (κ3) is 3.02. The Labute approximate surface area is 154 Å². The molecule has 0 bridgehead atoms. The van der Waals surface area contributed by atoms with Gasteiger partial charge in [0, 0.05) is 23.0 Å². The van der Waals surface area contributed by atoms with Gasteiger partial charge in [-0.05, 0) is 44.9 Å². The summed E-state index contributed by atoms with van der Waals surface area (Å²) in [4.78, 5) is 9.55. The molecule has 2 heterocycles. The molecule has 0 unspecified atom stereocenters. The van der Waals surface area contributed by atoms with Crippen molar-refractivity contribution >= 4 is 11.6 Å². The molecule has 1 aliphatic rings. The number of imidazole rings is 1. The van der Waals surface area contributed by atoms with Crippen LogP contribution >= 0.6 is 0 Å². The second kappa shape index (κ2) is 6.98. The number of hydrogen-bond acceptors (Lipinski definition) is 4. The maximum Gasteiger partial charge on any atom is 0.236 e. The number of anilines is 1. The average Bonchev–Trinajstić information content (AvgIpc) is 3.00. The van der Waals surface area contributed by atoms with Gasteiger partial charge >= 0.3 is 0 Å². The van der Waals surface area contributed by atoms with Crippen LogP contribution in [0.25, 0.3) is 17.0 Å². The number of benzene rings is 1. The maximum atomic E-state index is 5.60. The summed E-state index contributed by atoms with van der Waals surface area (Å²) in [6.07, 6.45) is 6.32. The molecular weight excluding hydrogens is 324 g/mol. The Morgan fingerprint density at radius 2 is 1.85 bits per heavy atom. The molecule has 0 saturated heterocycles. The first-order valence-electron chi connectivity index (χ1n) is 9.44. The molecule has 1 fully saturated rings. The minimum absolute atomic E-state index is 0.484. The first kappa shape index (κ1) is 16.9. The van der Waals surface area contributed by atoms with E-state index in [2.05, 4.69) is 33.8 Å². The van der Waals surface area contributed by atoms with Crippen LogP contribution in [0.4, 0.5) is 5.82 Å². The lowest BCUT2D eigenvalue weighted by Gasteiger charge is -2.24. The van der Waals surface area contributed by atoms with Crippen LogP contribution < -0.4 is 10.1 Å². The zero-order valence-electron chi connectivity index (χ0n) is 15.7. The fourth-order valence-electron chi connectivity index (χ4n) is 3.98. The molecule has 5 nitrogen and oxygen atoms in total. The smallest absolute Gasteiger partial charge is 0.236 e. The Morgan fingerprint density at radius 3 is 2.62 bits per heavy atom. The lowest BCUT2D eigenvalue weighted by molar-refractivity contribution is 0.416. The summed E-state index contributed by atoms with van der Waals surface area (Å²) < 4.78 is 7.74. The van der Waals surface area contributed by atoms with Crippen LogP contribution in [0.15, 0.2) is 30.3 Å². The number of nitrogens with one attached hydrogen (secondary N) is 1. The Bertz CT molecular complexity index is 925. The molecule has 26 heavy (non-hydrogen) atoms. The number of aryl methyl sites for hydroxylation is 2. The van der Waals surface area contributed by atoms with E-state index >= 15 is 0 Å². The third-order valence-corrected chi connectivity index (χ3v) is 5.21. The number of hydrogen-bond donors (Lipinski definition) is 1. The third-order valence-electron chi connectivity index (χ3n) is 5.21. The topological polar surface area (TPSA) is 51.5 Å². The summed E-state index contributed by atoms with van der Waals surface area (Å²) in [5.41, 5.74) is 4.03. The second-order valence-corrected chi connectivity index (χ2v) is 7.16. The summed E-state index contributed by atoms with van der Waals surface area (Å²) in [5.74, 6) is 2.60. The summed E-state index contributed by atoms with van der Waals surface area (Å²) in [6, 6.07) is 10.6. The van der Waals surface area contributed by atoms with Gasteiger partial charge in [-0.3, -0.25) is 4.40 Å². The molecule has 136 valence electrons. The van der Waals surface area contributed by atoms with E-state index in [-0.39, 0.29) is 0 Å². The van der Waals surface area contributed by atoms with Crippen molar-refractivity contribution < 1.29 is 4.74 Å². The van der Waals surface area contributed by atoms with Gasteiger partial charge in [-0.2, -0.15) is 0 Å². The van der Waals surface area contributed by atoms with Crippen molar-refractivity contribution in [2.45, 2.75) is 52.0 Å². The molecule has 1 N–H and O–H groups in total. The second-order valence-electron chi connectivity index (χ2n) is 7.16. The minimum atomic E-state index is 0.484. The van der Waals surface area contributed by atoms with E-state index in [0.717, 1.165) is 40.0 Å². The molecule has 1 aliphatic carbocycles. The van der Waals surface area contributed by atoms with Crippen LogP contribution in [0.5, 0.6) is 5.75 Å². The Morgan fingerprint density at radius 1 is 1.08 bits per heavy atom. The molecule has 5 heteroatoms. The number of rotatable bonds is 4. The van der Waals surface area contributed by atoms with Gasteiger partial charge in [-0.25, -0.2) is 9.97 Å². The summed E-state index contributed by atoms with van der Waals surface area (Å²) in [5, 5.41) is 3.79. The lowest BCUT2D eigenvalue weighted by Crippen LogP contribution is -2.23. The quantitative estimate of drug-likeness (QED) is 0.736. The number of aromatic nitrogens is 3. The van der Waals surface area contributed by atoms with Gasteiger partial charge in [0.1, 0.15) is 17.3 Å². The minimum Gasteiger partial charge on any atom is -0.496 e. The molecule has 3 aromatic rings. The van der Waals surface area contributed by atoms with E-state index in [1.165, 1.54) is 32.1 Å². The molecule has 0 amide bonds. The van der Waals surface area contributed by atoms with Gasteiger partial charge in [-0.1, -0.05) is 31.4 Å². The molecule has 4 rings (SSSR count). The van der Waals surface area contributed by atoms with Crippen LogP contribution in [-0.2, 0) is 0 Å². The predicted octanol–water partition coefficient (Wildman–Crippen LogP) is 4.77. The fraction of sp³-hybridized carbons (Fsp3) is 0.429. The van der Waals surface area contributed by atoms with Gasteiger partial charge in [-0.15, -0.1) is 0 Å². The number of fused-ring (bicyclic) bond motifs is 1. The zero-order valence-corrected chi connectivity index (χ0v) is 15.7. The predicted molar refractivity (Wildman–Crippen MR) is 105 cm³/mol. The number of nitrogens with zero attached hydrogens (tertiary/aromatic N) is 3. The highest BCUT2D eigenvalue weighted by Gasteiger charge is 2.22. The van der Waals surface area contributed by atoms with Gasteiger partial charge < -0.3 is 10.1 Å². The van der Waals surface area contributed by atoms with Crippen LogP contribution in [0.1, 0.15) is 43.5 Å². The van der Waals surface area contributed by atoms with E-state index in [1.54, 1.807) is 7.11 Å². The van der Waals surface area contributed by atoms with Crippen molar-refractivity contribution in [3.8, 4) is 17.0 Å². The molecule has 0 aliphatic heterocycles. The first-order valence-corrected chi connectivity index (χ1v) is 9.44. The van der Waals surface area contributed by atoms with Crippen molar-refractivity contribution in [2.24, 2.45) is 0 Å². The van der Waals surface area contributed by atoms with E-state index in [1.807, 2.05) is 25.1 Å². The van der Waals surface area contributed by atoms with E-state index in [9.17, 15) is 0 Å². The van der Waals surface area contributed by atoms with Crippen LogP contribution in [0, 0.1) is 13.8 Å². The van der Waals surface area contributed by atoms with Crippen LogP contribution in [0.2, 0.25) is 0 Å². The highest BCUT2D eigenvalue weighted by atomic mass is 16.5. The highest BCUT2D eigenvalue weighted by molar-refractivity contribution is 5.80. The molecule has 0 radical (unpaired) electrons. The van der Waals surface area contributed by atoms with Crippen LogP contribution in [0.3, 0.4) is 0 Å². The highest BCUT2D eigenvalue weighted by Crippen LogP contribution is 2.36. The van der Waals surface area contributed by atoms with Crippen molar-refractivity contribution in [3.63, 3.8) is 0 Å². The van der Waals surface area contributed by atoms with Crippen molar-refractivity contribution in [2.75, 3.05) is 12.4 Å². The Kier molecular flexibility index (Phi) is 4.53. The van der Waals surface area contributed by atoms with E-state index in [0.29, 0.717) is 6.04 Å². The number of para-hydroxylation sites is 1. The normalized spacial score (nSPS) is 15.3. The van der Waals surface area contributed by atoms with E-state index < -0.39 is 0 Å². The Balaban J connectivity index is 1.90. The van der Waals surface area contributed by atoms with Crippen LogP contribution in [-0.4, -0.2) is 27.5 Å². The van der Waals surface area contributed by atoms with Gasteiger partial charge in [0.15, 0.2) is 0 Å². The van der Waals surface area contributed by atoms with Gasteiger partial charge in [0.25, 0.3) is 0 Å². The standard InChI is InChI=1S/C21H26N4O/c1-14-13-15(2)25-20(23-16-9-5-4-6-10-16)19(24-21(25)22-14)17-11-7-8-12-18(17)26-3/h7-8,11-13,16,23H,4-6,9-10H2,1-3H3. The SMILES string of the molecule is COc1ccccc1-c1nc2nc(C)cc(C)n2c1NC1CCCCC1. The van der Waals surface area contributed by atoms with E-state index in [4.69, 9.17) is 9.72 Å². The summed E-state index contributed by atoms with van der Waals surface area (Å²) >= 11 is 0. The first-order chi connectivity index (χ1) is 12.7. The zero-order chi connectivity index (χ0) is 18.1. The molecule has 0 spiro atoms. The van der Waals surface area contributed by atoms with Crippen molar-refractivity contribution in [3.05, 3.63) is 41.7 Å². The average molecular weight is 350 g/mol. The lowest BCUT2D eigenvalue weighted by atomic mass is 9.95. The number of methoxy groups -OCH3 is 1. The molecule has 1 saturated carbocycles. The van der Waals surface area contributed by atoms with Gasteiger partial charge in [0.2, 0.25) is 5.78 Å². The largest absolute Gasteiger partial charge is 0.496 e. The van der Waals surface area contributed by atoms with Crippen molar-refractivity contribution in [1.29, 1.82) is 0 Å². The monoisotopic (exact) mass is 350 g/mol. The summed E-state index contributed by atoms with van der Waals surface area (Å²) in [6.45, 7) is 4.13. The number of ether oxygens (including phenoxy) is 1. The molecule has 2 aromatic heterocycles. The van der Waals surface area contributed by atoms with Gasteiger partial charge in [0.05, 0.1) is 7.11 Å². The molecular formula is C21H26N4O. The fourth-order valence-corrected chi connectivity index (χ4v) is 3.98. The van der Waals surface area contributed by atoms with Crippen molar-refractivity contribution in [1.82, 2.24) is 14.4 Å². The Hall–Kier alpha value is -2.56. The molecule has 1 aromatic carbocycles. The maximum absolute atomic E-state index is 5.60. The molecule has 0 atom stereocenters.